The molecule has 0 heterocycles. The molecule has 0 saturated carbocycles. The highest BCUT2D eigenvalue weighted by molar-refractivity contribution is 9.09. The number of alkyl halides is 1. The smallest absolute Gasteiger partial charge is 0.306 e. The lowest BCUT2D eigenvalue weighted by molar-refractivity contribution is -0.142. The molecule has 0 radical (unpaired) electrons. The lowest BCUT2D eigenvalue weighted by Gasteiger charge is -2.12. The van der Waals surface area contributed by atoms with E-state index in [1.807, 2.05) is 0 Å². The first kappa shape index (κ1) is 16.0. The molecular formula is C15H21BrO3. The van der Waals surface area contributed by atoms with Crippen LogP contribution < -0.4 is 0 Å². The van der Waals surface area contributed by atoms with Crippen LogP contribution in [0.4, 0.5) is 0 Å². The Balaban J connectivity index is 2.40. The van der Waals surface area contributed by atoms with Gasteiger partial charge in [0.05, 0.1) is 5.92 Å². The van der Waals surface area contributed by atoms with Gasteiger partial charge in [-0.3, -0.25) is 4.79 Å². The van der Waals surface area contributed by atoms with E-state index in [2.05, 4.69) is 15.9 Å². The van der Waals surface area contributed by atoms with Gasteiger partial charge in [0.25, 0.3) is 0 Å². The Morgan fingerprint density at radius 1 is 1.11 bits per heavy atom. The van der Waals surface area contributed by atoms with E-state index in [4.69, 9.17) is 0 Å². The van der Waals surface area contributed by atoms with Crippen molar-refractivity contribution < 1.29 is 15.0 Å². The van der Waals surface area contributed by atoms with Gasteiger partial charge in [-0.25, -0.2) is 0 Å². The Labute approximate surface area is 122 Å². The van der Waals surface area contributed by atoms with Crippen molar-refractivity contribution in [1.82, 2.24) is 0 Å². The SMILES string of the molecule is O=C(O)C(CCCCCCBr)Cc1ccc(O)cc1. The van der Waals surface area contributed by atoms with Gasteiger partial charge in [-0.2, -0.15) is 0 Å². The minimum Gasteiger partial charge on any atom is -0.508 e. The van der Waals surface area contributed by atoms with Gasteiger partial charge in [0, 0.05) is 5.33 Å². The molecule has 0 amide bonds. The summed E-state index contributed by atoms with van der Waals surface area (Å²) in [5, 5.41) is 19.5. The molecule has 0 bridgehead atoms. The molecule has 0 fully saturated rings. The third-order valence-corrected chi connectivity index (χ3v) is 3.76. The zero-order valence-corrected chi connectivity index (χ0v) is 12.6. The third-order valence-electron chi connectivity index (χ3n) is 3.20. The molecule has 0 aromatic heterocycles. The summed E-state index contributed by atoms with van der Waals surface area (Å²) in [6, 6.07) is 6.78. The van der Waals surface area contributed by atoms with E-state index in [-0.39, 0.29) is 11.7 Å². The van der Waals surface area contributed by atoms with Gasteiger partial charge in [0.2, 0.25) is 0 Å². The number of carbonyl (C=O) groups is 1. The molecular weight excluding hydrogens is 308 g/mol. The molecule has 1 rings (SSSR count). The Morgan fingerprint density at radius 3 is 2.32 bits per heavy atom. The summed E-state index contributed by atoms with van der Waals surface area (Å²) in [4.78, 5) is 11.2. The fourth-order valence-corrected chi connectivity index (χ4v) is 2.46. The summed E-state index contributed by atoms with van der Waals surface area (Å²) >= 11 is 3.39. The van der Waals surface area contributed by atoms with Gasteiger partial charge >= 0.3 is 5.97 Å². The minimum absolute atomic E-state index is 0.213. The molecule has 1 atom stereocenters. The van der Waals surface area contributed by atoms with Crippen LogP contribution in [0.5, 0.6) is 5.75 Å². The van der Waals surface area contributed by atoms with E-state index in [1.165, 1.54) is 0 Å². The Morgan fingerprint density at radius 2 is 1.74 bits per heavy atom. The van der Waals surface area contributed by atoms with Gasteiger partial charge in [0.15, 0.2) is 0 Å². The fraction of sp³-hybridized carbons (Fsp3) is 0.533. The highest BCUT2D eigenvalue weighted by Crippen LogP contribution is 2.19. The number of carboxylic acid groups (broad SMARTS) is 1. The van der Waals surface area contributed by atoms with Crippen LogP contribution in [0.15, 0.2) is 24.3 Å². The van der Waals surface area contributed by atoms with Crippen LogP contribution >= 0.6 is 15.9 Å². The molecule has 2 N–H and O–H groups in total. The molecule has 1 aromatic rings. The molecule has 106 valence electrons. The third kappa shape index (κ3) is 6.62. The van der Waals surface area contributed by atoms with E-state index in [0.717, 1.165) is 43.0 Å². The summed E-state index contributed by atoms with van der Waals surface area (Å²) in [6.45, 7) is 0. The van der Waals surface area contributed by atoms with Crippen molar-refractivity contribution >= 4 is 21.9 Å². The van der Waals surface area contributed by atoms with Crippen molar-refractivity contribution in [3.63, 3.8) is 0 Å². The van der Waals surface area contributed by atoms with Crippen LogP contribution in [0.2, 0.25) is 0 Å². The summed E-state index contributed by atoms with van der Waals surface area (Å²) in [5.74, 6) is -0.840. The van der Waals surface area contributed by atoms with Crippen LogP contribution in [0, 0.1) is 5.92 Å². The quantitative estimate of drug-likeness (QED) is 0.532. The average Bonchev–Trinajstić information content (AvgIpc) is 2.39. The second kappa shape index (κ2) is 8.97. The number of phenolic OH excluding ortho intramolecular Hbond substituents is 1. The number of benzene rings is 1. The Kier molecular flexibility index (Phi) is 7.56. The van der Waals surface area contributed by atoms with E-state index < -0.39 is 5.97 Å². The molecule has 19 heavy (non-hydrogen) atoms. The minimum atomic E-state index is -0.728. The largest absolute Gasteiger partial charge is 0.508 e. The molecule has 0 aliphatic rings. The molecule has 0 spiro atoms. The molecule has 0 aliphatic carbocycles. The zero-order valence-electron chi connectivity index (χ0n) is 11.0. The molecule has 1 aromatic carbocycles. The van der Waals surface area contributed by atoms with E-state index in [9.17, 15) is 15.0 Å². The lowest BCUT2D eigenvalue weighted by atomic mass is 9.93. The van der Waals surface area contributed by atoms with Gasteiger partial charge < -0.3 is 10.2 Å². The van der Waals surface area contributed by atoms with Gasteiger partial charge in [-0.05, 0) is 37.0 Å². The standard InChI is InChI=1S/C15H21BrO3/c16-10-4-2-1-3-5-13(15(18)19)11-12-6-8-14(17)9-7-12/h6-9,13,17H,1-5,10-11H2,(H,18,19). The number of halogens is 1. The number of unbranched alkanes of at least 4 members (excludes halogenated alkanes) is 3. The van der Waals surface area contributed by atoms with Crippen LogP contribution in [-0.4, -0.2) is 21.5 Å². The van der Waals surface area contributed by atoms with E-state index in [0.29, 0.717) is 6.42 Å². The zero-order chi connectivity index (χ0) is 14.1. The van der Waals surface area contributed by atoms with Crippen LogP contribution in [-0.2, 0) is 11.2 Å². The normalized spacial score (nSPS) is 12.3. The Bertz CT molecular complexity index is 375. The highest BCUT2D eigenvalue weighted by Gasteiger charge is 2.17. The molecule has 0 aliphatic heterocycles. The summed E-state index contributed by atoms with van der Waals surface area (Å²) in [5.41, 5.74) is 0.964. The van der Waals surface area contributed by atoms with Crippen LogP contribution in [0.25, 0.3) is 0 Å². The van der Waals surface area contributed by atoms with Crippen molar-refractivity contribution in [2.75, 3.05) is 5.33 Å². The van der Waals surface area contributed by atoms with Crippen molar-refractivity contribution in [3.05, 3.63) is 29.8 Å². The summed E-state index contributed by atoms with van der Waals surface area (Å²) in [7, 11) is 0. The second-order valence-electron chi connectivity index (χ2n) is 4.80. The summed E-state index contributed by atoms with van der Waals surface area (Å²) in [6.07, 6.45) is 5.60. The first-order chi connectivity index (χ1) is 9.13. The maximum Gasteiger partial charge on any atom is 0.306 e. The maximum absolute atomic E-state index is 11.2. The number of aliphatic carboxylic acids is 1. The van der Waals surface area contributed by atoms with Crippen molar-refractivity contribution in [1.29, 1.82) is 0 Å². The monoisotopic (exact) mass is 328 g/mol. The van der Waals surface area contributed by atoms with Gasteiger partial charge in [-0.15, -0.1) is 0 Å². The van der Waals surface area contributed by atoms with E-state index >= 15 is 0 Å². The van der Waals surface area contributed by atoms with Gasteiger partial charge in [-0.1, -0.05) is 47.3 Å². The highest BCUT2D eigenvalue weighted by atomic mass is 79.9. The average molecular weight is 329 g/mol. The predicted molar refractivity (Wildman–Crippen MR) is 79.8 cm³/mol. The number of hydrogen-bond donors (Lipinski definition) is 2. The Hall–Kier alpha value is -1.03. The maximum atomic E-state index is 11.2. The second-order valence-corrected chi connectivity index (χ2v) is 5.59. The van der Waals surface area contributed by atoms with Crippen LogP contribution in [0.3, 0.4) is 0 Å². The van der Waals surface area contributed by atoms with Crippen molar-refractivity contribution in [3.8, 4) is 5.75 Å². The van der Waals surface area contributed by atoms with E-state index in [1.54, 1.807) is 24.3 Å². The van der Waals surface area contributed by atoms with Crippen molar-refractivity contribution in [2.24, 2.45) is 5.92 Å². The topological polar surface area (TPSA) is 57.5 Å². The van der Waals surface area contributed by atoms with Crippen molar-refractivity contribution in [2.45, 2.75) is 38.5 Å². The number of phenols is 1. The number of rotatable bonds is 9. The lowest BCUT2D eigenvalue weighted by Crippen LogP contribution is -2.16. The first-order valence-corrected chi connectivity index (χ1v) is 7.82. The number of carboxylic acids is 1. The molecule has 0 saturated heterocycles. The molecule has 4 heteroatoms. The number of hydrogen-bond acceptors (Lipinski definition) is 2. The molecule has 3 nitrogen and oxygen atoms in total. The van der Waals surface area contributed by atoms with Crippen LogP contribution in [0.1, 0.15) is 37.7 Å². The fourth-order valence-electron chi connectivity index (χ4n) is 2.07. The summed E-state index contributed by atoms with van der Waals surface area (Å²) < 4.78 is 0. The number of aromatic hydroxyl groups is 1. The molecule has 1 unspecified atom stereocenters. The van der Waals surface area contributed by atoms with Gasteiger partial charge in [0.1, 0.15) is 5.75 Å². The predicted octanol–water partition coefficient (Wildman–Crippen LogP) is 3.98. The first-order valence-electron chi connectivity index (χ1n) is 6.70.